The van der Waals surface area contributed by atoms with Gasteiger partial charge in [0.25, 0.3) is 5.91 Å². The lowest BCUT2D eigenvalue weighted by Gasteiger charge is -2.12. The average molecular weight is 271 g/mol. The van der Waals surface area contributed by atoms with Crippen LogP contribution in [0.4, 0.5) is 0 Å². The summed E-state index contributed by atoms with van der Waals surface area (Å²) in [6.07, 6.45) is 2.61. The molecule has 0 fully saturated rings. The molecule has 4 nitrogen and oxygen atoms in total. The minimum Gasteiger partial charge on any atom is -0.469 e. The summed E-state index contributed by atoms with van der Waals surface area (Å²) in [5.41, 5.74) is 3.12. The van der Waals surface area contributed by atoms with Gasteiger partial charge in [-0.1, -0.05) is 12.1 Å². The summed E-state index contributed by atoms with van der Waals surface area (Å²) in [6.45, 7) is 2.53. The van der Waals surface area contributed by atoms with Crippen LogP contribution in [0.15, 0.2) is 34.9 Å². The number of hydrogen-bond acceptors (Lipinski definition) is 3. The third kappa shape index (κ3) is 2.34. The molecule has 1 atom stereocenters. The Bertz CT molecular complexity index is 645. The van der Waals surface area contributed by atoms with Crippen molar-refractivity contribution in [2.45, 2.75) is 25.9 Å². The second-order valence-corrected chi connectivity index (χ2v) is 5.17. The van der Waals surface area contributed by atoms with Crippen molar-refractivity contribution in [3.05, 3.63) is 58.5 Å². The van der Waals surface area contributed by atoms with Crippen molar-refractivity contribution in [1.82, 2.24) is 5.32 Å². The van der Waals surface area contributed by atoms with Crippen molar-refractivity contribution in [3.8, 4) is 0 Å². The Balaban J connectivity index is 1.97. The van der Waals surface area contributed by atoms with E-state index in [2.05, 4.69) is 5.32 Å². The lowest BCUT2D eigenvalue weighted by atomic mass is 9.96. The van der Waals surface area contributed by atoms with E-state index in [1.54, 1.807) is 18.4 Å². The van der Waals surface area contributed by atoms with Gasteiger partial charge in [0.2, 0.25) is 0 Å². The van der Waals surface area contributed by atoms with Crippen LogP contribution in [0.3, 0.4) is 0 Å². The summed E-state index contributed by atoms with van der Waals surface area (Å²) in [5.74, 6) is 0.696. The number of carbonyl (C=O) groups is 1. The molecule has 3 rings (SSSR count). The third-order valence-corrected chi connectivity index (χ3v) is 3.67. The highest BCUT2D eigenvalue weighted by atomic mass is 16.3. The highest BCUT2D eigenvalue weighted by molar-refractivity contribution is 5.96. The van der Waals surface area contributed by atoms with E-state index >= 15 is 0 Å². The number of aliphatic hydroxyl groups excluding tert-OH is 1. The van der Waals surface area contributed by atoms with Gasteiger partial charge in [-0.05, 0) is 43.0 Å². The molecule has 0 bridgehead atoms. The first-order chi connectivity index (χ1) is 9.65. The van der Waals surface area contributed by atoms with Gasteiger partial charge in [0.1, 0.15) is 11.9 Å². The second-order valence-electron chi connectivity index (χ2n) is 5.17. The Morgan fingerprint density at radius 2 is 2.15 bits per heavy atom. The maximum Gasteiger partial charge on any atom is 0.251 e. The van der Waals surface area contributed by atoms with Crippen LogP contribution in [-0.4, -0.2) is 17.6 Å². The van der Waals surface area contributed by atoms with Gasteiger partial charge >= 0.3 is 0 Å². The average Bonchev–Trinajstić information content (AvgIpc) is 2.80. The van der Waals surface area contributed by atoms with E-state index in [-0.39, 0.29) is 5.91 Å². The number of fused-ring (bicyclic) bond motifs is 1. The van der Waals surface area contributed by atoms with Crippen molar-refractivity contribution in [2.24, 2.45) is 0 Å². The molecule has 2 aromatic rings. The molecular weight excluding hydrogens is 254 g/mol. The maximum atomic E-state index is 12.0. The molecule has 0 spiro atoms. The molecule has 1 aromatic heterocycles. The quantitative estimate of drug-likeness (QED) is 0.881. The van der Waals surface area contributed by atoms with Gasteiger partial charge < -0.3 is 14.8 Å². The number of carbonyl (C=O) groups excluding carboxylic acids is 1. The first-order valence-corrected chi connectivity index (χ1v) is 6.79. The maximum absolute atomic E-state index is 12.0. The highest BCUT2D eigenvalue weighted by Gasteiger charge is 2.19. The zero-order valence-corrected chi connectivity index (χ0v) is 11.3. The SMILES string of the molecule is Cc1cc(C(O)c2ccc3c(c2)C(=O)NCCC3)co1. The van der Waals surface area contributed by atoms with Crippen molar-refractivity contribution < 1.29 is 14.3 Å². The van der Waals surface area contributed by atoms with E-state index in [0.29, 0.717) is 23.2 Å². The number of nitrogens with one attached hydrogen (secondary N) is 1. The fraction of sp³-hybridized carbons (Fsp3) is 0.312. The fourth-order valence-corrected chi connectivity index (χ4v) is 2.57. The van der Waals surface area contributed by atoms with E-state index in [1.165, 1.54) is 0 Å². The second kappa shape index (κ2) is 5.13. The van der Waals surface area contributed by atoms with Crippen molar-refractivity contribution >= 4 is 5.91 Å². The molecule has 4 heteroatoms. The molecule has 0 saturated carbocycles. The predicted molar refractivity (Wildman–Crippen MR) is 74.6 cm³/mol. The van der Waals surface area contributed by atoms with Crippen LogP contribution in [0.1, 0.15) is 45.3 Å². The molecule has 1 unspecified atom stereocenters. The Hall–Kier alpha value is -2.07. The molecule has 1 amide bonds. The first-order valence-electron chi connectivity index (χ1n) is 6.79. The predicted octanol–water partition coefficient (Wildman–Crippen LogP) is 2.35. The Morgan fingerprint density at radius 1 is 1.30 bits per heavy atom. The number of rotatable bonds is 2. The minimum atomic E-state index is -0.770. The van der Waals surface area contributed by atoms with Gasteiger partial charge in [0, 0.05) is 17.7 Å². The number of amides is 1. The molecule has 1 aromatic carbocycles. The number of hydrogen-bond donors (Lipinski definition) is 2. The van der Waals surface area contributed by atoms with E-state index in [0.717, 1.165) is 24.2 Å². The van der Waals surface area contributed by atoms with Crippen LogP contribution >= 0.6 is 0 Å². The topological polar surface area (TPSA) is 62.5 Å². The van der Waals surface area contributed by atoms with Crippen molar-refractivity contribution in [3.63, 3.8) is 0 Å². The molecule has 2 N–H and O–H groups in total. The van der Waals surface area contributed by atoms with Crippen LogP contribution in [-0.2, 0) is 6.42 Å². The monoisotopic (exact) mass is 271 g/mol. The van der Waals surface area contributed by atoms with Crippen molar-refractivity contribution in [2.75, 3.05) is 6.54 Å². The summed E-state index contributed by atoms with van der Waals surface area (Å²) in [5, 5.41) is 13.2. The molecule has 2 heterocycles. The van der Waals surface area contributed by atoms with Gasteiger partial charge in [-0.2, -0.15) is 0 Å². The van der Waals surface area contributed by atoms with Gasteiger partial charge in [0.05, 0.1) is 6.26 Å². The summed E-state index contributed by atoms with van der Waals surface area (Å²) in [6, 6.07) is 7.40. The molecule has 0 saturated heterocycles. The third-order valence-electron chi connectivity index (χ3n) is 3.67. The van der Waals surface area contributed by atoms with Crippen LogP contribution in [0.5, 0.6) is 0 Å². The number of aryl methyl sites for hydroxylation is 2. The molecule has 104 valence electrons. The Kier molecular flexibility index (Phi) is 3.32. The number of aliphatic hydroxyl groups is 1. The minimum absolute atomic E-state index is 0.0603. The first kappa shape index (κ1) is 12.9. The van der Waals surface area contributed by atoms with Gasteiger partial charge in [0.15, 0.2) is 0 Å². The van der Waals surface area contributed by atoms with E-state index < -0.39 is 6.10 Å². The molecule has 1 aliphatic heterocycles. The van der Waals surface area contributed by atoms with Crippen LogP contribution in [0.2, 0.25) is 0 Å². The molecule has 0 radical (unpaired) electrons. The fourth-order valence-electron chi connectivity index (χ4n) is 2.57. The molecular formula is C16H17NO3. The van der Waals surface area contributed by atoms with Gasteiger partial charge in [-0.25, -0.2) is 0 Å². The normalized spacial score (nSPS) is 16.2. The Morgan fingerprint density at radius 3 is 2.90 bits per heavy atom. The summed E-state index contributed by atoms with van der Waals surface area (Å²) < 4.78 is 5.22. The lowest BCUT2D eigenvalue weighted by molar-refractivity contribution is 0.0956. The zero-order valence-electron chi connectivity index (χ0n) is 11.3. The summed E-state index contributed by atoms with van der Waals surface area (Å²) in [4.78, 5) is 12.0. The van der Waals surface area contributed by atoms with E-state index in [9.17, 15) is 9.90 Å². The Labute approximate surface area is 117 Å². The lowest BCUT2D eigenvalue weighted by Crippen LogP contribution is -2.22. The zero-order chi connectivity index (χ0) is 14.1. The number of benzene rings is 1. The van der Waals surface area contributed by atoms with Crippen molar-refractivity contribution in [1.29, 1.82) is 0 Å². The van der Waals surface area contributed by atoms with Gasteiger partial charge in [-0.3, -0.25) is 4.79 Å². The molecule has 0 aliphatic carbocycles. The van der Waals surface area contributed by atoms with Crippen LogP contribution < -0.4 is 5.32 Å². The van der Waals surface area contributed by atoms with E-state index in [1.807, 2.05) is 19.1 Å². The van der Waals surface area contributed by atoms with Gasteiger partial charge in [-0.15, -0.1) is 0 Å². The molecule has 1 aliphatic rings. The summed E-state index contributed by atoms with van der Waals surface area (Å²) in [7, 11) is 0. The van der Waals surface area contributed by atoms with Crippen LogP contribution in [0.25, 0.3) is 0 Å². The number of furan rings is 1. The van der Waals surface area contributed by atoms with Crippen LogP contribution in [0, 0.1) is 6.92 Å². The smallest absolute Gasteiger partial charge is 0.251 e. The largest absolute Gasteiger partial charge is 0.469 e. The standard InChI is InChI=1S/C16H17NO3/c1-10-7-13(9-20-10)15(18)12-5-4-11-3-2-6-17-16(19)14(11)8-12/h4-5,7-9,15,18H,2-3,6H2,1H3,(H,17,19). The summed E-state index contributed by atoms with van der Waals surface area (Å²) >= 11 is 0. The molecule has 20 heavy (non-hydrogen) atoms. The van der Waals surface area contributed by atoms with E-state index in [4.69, 9.17) is 4.42 Å². The highest BCUT2D eigenvalue weighted by Crippen LogP contribution is 2.26.